The summed E-state index contributed by atoms with van der Waals surface area (Å²) in [6.45, 7) is 5.95. The molecule has 1 heterocycles. The molecule has 0 spiro atoms. The van der Waals surface area contributed by atoms with Gasteiger partial charge in [-0.25, -0.2) is 9.18 Å². The first-order valence-corrected chi connectivity index (χ1v) is 11.8. The van der Waals surface area contributed by atoms with Crippen molar-refractivity contribution in [2.24, 2.45) is 0 Å². The first-order chi connectivity index (χ1) is 16.5. The molecule has 1 aliphatic heterocycles. The highest BCUT2D eigenvalue weighted by Gasteiger charge is 2.24. The van der Waals surface area contributed by atoms with Gasteiger partial charge < -0.3 is 15.0 Å². The number of carbonyl (C=O) groups excluding carboxylic acids is 1. The first kappa shape index (κ1) is 24.2. The predicted octanol–water partition coefficient (Wildman–Crippen LogP) is 5.90. The quantitative estimate of drug-likeness (QED) is 0.457. The van der Waals surface area contributed by atoms with Crippen molar-refractivity contribution >= 4 is 23.3 Å². The molecule has 3 aromatic carbocycles. The van der Waals surface area contributed by atoms with Crippen LogP contribution in [0.4, 0.5) is 14.9 Å². The number of hydrogen-bond donors (Lipinski definition) is 1. The van der Waals surface area contributed by atoms with Crippen LogP contribution in [0.2, 0.25) is 5.02 Å². The largest absolute Gasteiger partial charge is 0.368 e. The predicted molar refractivity (Wildman–Crippen MR) is 134 cm³/mol. The van der Waals surface area contributed by atoms with Crippen LogP contribution in [-0.4, -0.2) is 48.6 Å². The van der Waals surface area contributed by atoms with Crippen LogP contribution in [0, 0.1) is 12.7 Å². The number of piperazine rings is 1. The van der Waals surface area contributed by atoms with Gasteiger partial charge in [-0.05, 0) is 48.4 Å². The van der Waals surface area contributed by atoms with E-state index in [1.807, 2.05) is 30.3 Å². The maximum Gasteiger partial charge on any atom is 0.321 e. The first-order valence-electron chi connectivity index (χ1n) is 11.4. The number of benzene rings is 3. The molecule has 34 heavy (non-hydrogen) atoms. The summed E-state index contributed by atoms with van der Waals surface area (Å²) in [7, 11) is 0. The molecule has 1 aliphatic rings. The minimum Gasteiger partial charge on any atom is -0.368 e. The molecule has 4 rings (SSSR count). The lowest BCUT2D eigenvalue weighted by Gasteiger charge is -2.36. The molecule has 0 radical (unpaired) electrons. The number of halogens is 2. The van der Waals surface area contributed by atoms with Gasteiger partial charge in [0.2, 0.25) is 0 Å². The van der Waals surface area contributed by atoms with Gasteiger partial charge in [0.25, 0.3) is 0 Å². The minimum absolute atomic E-state index is 0.120. The molecule has 7 heteroatoms. The van der Waals surface area contributed by atoms with E-state index in [-0.39, 0.29) is 18.0 Å². The SMILES string of the molecule is Cc1cccc(CO[C@@H](CN2CCN(C(=O)Nc3cccc(F)c3)CC2)c2ccc(Cl)cc2)c1. The fourth-order valence-corrected chi connectivity index (χ4v) is 4.19. The van der Waals surface area contributed by atoms with Crippen molar-refractivity contribution in [2.45, 2.75) is 19.6 Å². The van der Waals surface area contributed by atoms with Gasteiger partial charge in [0, 0.05) is 43.4 Å². The third kappa shape index (κ3) is 6.79. The molecule has 178 valence electrons. The molecule has 1 saturated heterocycles. The Morgan fingerprint density at radius 3 is 2.47 bits per heavy atom. The van der Waals surface area contributed by atoms with Gasteiger partial charge in [0.1, 0.15) is 5.82 Å². The van der Waals surface area contributed by atoms with Gasteiger partial charge in [-0.15, -0.1) is 0 Å². The topological polar surface area (TPSA) is 44.8 Å². The molecular weight excluding hydrogens is 453 g/mol. The van der Waals surface area contributed by atoms with E-state index in [0.29, 0.717) is 37.0 Å². The lowest BCUT2D eigenvalue weighted by molar-refractivity contribution is 0.00592. The fraction of sp³-hybridized carbons (Fsp3) is 0.296. The van der Waals surface area contributed by atoms with Gasteiger partial charge in [-0.1, -0.05) is 59.6 Å². The second-order valence-corrected chi connectivity index (χ2v) is 9.00. The monoisotopic (exact) mass is 481 g/mol. The zero-order valence-corrected chi connectivity index (χ0v) is 20.0. The summed E-state index contributed by atoms with van der Waals surface area (Å²) < 4.78 is 19.8. The van der Waals surface area contributed by atoms with E-state index < -0.39 is 0 Å². The highest BCUT2D eigenvalue weighted by Crippen LogP contribution is 2.24. The van der Waals surface area contributed by atoms with Gasteiger partial charge in [0.05, 0.1) is 12.7 Å². The fourth-order valence-electron chi connectivity index (χ4n) is 4.07. The number of amides is 2. The summed E-state index contributed by atoms with van der Waals surface area (Å²) in [5.74, 6) is -0.374. The summed E-state index contributed by atoms with van der Waals surface area (Å²) in [5.41, 5.74) is 3.87. The molecule has 2 amide bonds. The van der Waals surface area contributed by atoms with Crippen molar-refractivity contribution in [3.05, 3.63) is 100 Å². The molecular formula is C27H29ClFN3O2. The normalized spacial score (nSPS) is 15.2. The van der Waals surface area contributed by atoms with E-state index >= 15 is 0 Å². The Labute approximate surface area is 205 Å². The van der Waals surface area contributed by atoms with Crippen molar-refractivity contribution < 1.29 is 13.9 Å². The third-order valence-electron chi connectivity index (χ3n) is 5.93. The summed E-state index contributed by atoms with van der Waals surface area (Å²) in [6, 6.07) is 21.8. The van der Waals surface area contributed by atoms with Crippen molar-refractivity contribution in [2.75, 3.05) is 38.0 Å². The van der Waals surface area contributed by atoms with Gasteiger partial charge in [-0.2, -0.15) is 0 Å². The maximum absolute atomic E-state index is 13.4. The number of nitrogens with zero attached hydrogens (tertiary/aromatic N) is 2. The van der Waals surface area contributed by atoms with E-state index in [0.717, 1.165) is 24.2 Å². The Balaban J connectivity index is 1.35. The van der Waals surface area contributed by atoms with E-state index in [1.54, 1.807) is 17.0 Å². The molecule has 1 atom stereocenters. The van der Waals surface area contributed by atoms with Crippen molar-refractivity contribution in [1.29, 1.82) is 0 Å². The van der Waals surface area contributed by atoms with E-state index in [2.05, 4.69) is 35.3 Å². The third-order valence-corrected chi connectivity index (χ3v) is 6.19. The van der Waals surface area contributed by atoms with Crippen LogP contribution >= 0.6 is 11.6 Å². The zero-order chi connectivity index (χ0) is 23.9. The van der Waals surface area contributed by atoms with Crippen molar-refractivity contribution in [3.63, 3.8) is 0 Å². The van der Waals surface area contributed by atoms with E-state index in [4.69, 9.17) is 16.3 Å². The number of urea groups is 1. The molecule has 1 fully saturated rings. The Bertz CT molecular complexity index is 1100. The lowest BCUT2D eigenvalue weighted by Crippen LogP contribution is -2.50. The van der Waals surface area contributed by atoms with Crippen molar-refractivity contribution in [1.82, 2.24) is 9.80 Å². The molecule has 3 aromatic rings. The number of nitrogens with one attached hydrogen (secondary N) is 1. The second kappa shape index (κ2) is 11.5. The van der Waals surface area contributed by atoms with Crippen LogP contribution in [0.1, 0.15) is 22.8 Å². The Kier molecular flexibility index (Phi) is 8.16. The number of aryl methyl sites for hydroxylation is 1. The highest BCUT2D eigenvalue weighted by atomic mass is 35.5. The summed E-state index contributed by atoms with van der Waals surface area (Å²) >= 11 is 6.10. The number of rotatable bonds is 7. The minimum atomic E-state index is -0.374. The highest BCUT2D eigenvalue weighted by molar-refractivity contribution is 6.30. The molecule has 0 saturated carbocycles. The Morgan fingerprint density at radius 2 is 1.76 bits per heavy atom. The molecule has 0 bridgehead atoms. The van der Waals surface area contributed by atoms with E-state index in [9.17, 15) is 9.18 Å². The average Bonchev–Trinajstić information content (AvgIpc) is 2.83. The van der Waals surface area contributed by atoms with E-state index in [1.165, 1.54) is 17.7 Å². The Hall–Kier alpha value is -2.93. The second-order valence-electron chi connectivity index (χ2n) is 8.57. The maximum atomic E-state index is 13.4. The summed E-state index contributed by atoms with van der Waals surface area (Å²) in [4.78, 5) is 16.6. The van der Waals surface area contributed by atoms with Crippen LogP contribution in [0.3, 0.4) is 0 Å². The van der Waals surface area contributed by atoms with Gasteiger partial charge in [0.15, 0.2) is 0 Å². The molecule has 5 nitrogen and oxygen atoms in total. The Morgan fingerprint density at radius 1 is 1.03 bits per heavy atom. The van der Waals surface area contributed by atoms with Crippen LogP contribution in [-0.2, 0) is 11.3 Å². The molecule has 1 N–H and O–H groups in total. The number of anilines is 1. The number of hydrogen-bond acceptors (Lipinski definition) is 3. The molecule has 0 aliphatic carbocycles. The number of carbonyl (C=O) groups is 1. The van der Waals surface area contributed by atoms with Gasteiger partial charge >= 0.3 is 6.03 Å². The van der Waals surface area contributed by atoms with Gasteiger partial charge in [-0.3, -0.25) is 4.90 Å². The molecule has 0 aromatic heterocycles. The van der Waals surface area contributed by atoms with Crippen molar-refractivity contribution in [3.8, 4) is 0 Å². The average molecular weight is 482 g/mol. The lowest BCUT2D eigenvalue weighted by atomic mass is 10.1. The van der Waals surface area contributed by atoms with Crippen LogP contribution in [0.15, 0.2) is 72.8 Å². The number of ether oxygens (including phenoxy) is 1. The smallest absolute Gasteiger partial charge is 0.321 e. The summed E-state index contributed by atoms with van der Waals surface area (Å²) in [5, 5.41) is 3.47. The van der Waals surface area contributed by atoms with Crippen LogP contribution in [0.25, 0.3) is 0 Å². The van der Waals surface area contributed by atoms with Crippen LogP contribution < -0.4 is 5.32 Å². The zero-order valence-electron chi connectivity index (χ0n) is 19.2. The van der Waals surface area contributed by atoms with Crippen LogP contribution in [0.5, 0.6) is 0 Å². The standard InChI is InChI=1S/C27H29ClFN3O2/c1-20-4-2-5-21(16-20)19-34-26(22-8-10-23(28)11-9-22)18-31-12-14-32(15-13-31)27(33)30-25-7-3-6-24(29)17-25/h2-11,16-17,26H,12-15,18-19H2,1H3,(H,30,33)/t26-/m0/s1. The molecule has 0 unspecified atom stereocenters. The summed E-state index contributed by atoms with van der Waals surface area (Å²) in [6.07, 6.45) is -0.120.